The second kappa shape index (κ2) is 4.45. The van der Waals surface area contributed by atoms with Crippen molar-refractivity contribution in [3.63, 3.8) is 0 Å². The van der Waals surface area contributed by atoms with Crippen molar-refractivity contribution in [2.45, 2.75) is 50.8 Å². The van der Waals surface area contributed by atoms with Crippen LogP contribution in [0.5, 0.6) is 0 Å². The van der Waals surface area contributed by atoms with Crippen molar-refractivity contribution in [2.24, 2.45) is 0 Å². The van der Waals surface area contributed by atoms with Gasteiger partial charge in [-0.25, -0.2) is 4.98 Å². The first kappa shape index (κ1) is 12.3. The minimum Gasteiger partial charge on any atom is -0.393 e. The van der Waals surface area contributed by atoms with Crippen molar-refractivity contribution >= 4 is 11.5 Å². The van der Waals surface area contributed by atoms with E-state index in [4.69, 9.17) is 0 Å². The van der Waals surface area contributed by atoms with Gasteiger partial charge < -0.3 is 10.0 Å². The average Bonchev–Trinajstić information content (AvgIpc) is 2.61. The topological polar surface area (TPSA) is 79.5 Å². The van der Waals surface area contributed by atoms with Crippen molar-refractivity contribution in [1.82, 2.24) is 4.98 Å². The van der Waals surface area contributed by atoms with Gasteiger partial charge in [0.2, 0.25) is 0 Å². The Balaban J connectivity index is 1.91. The summed E-state index contributed by atoms with van der Waals surface area (Å²) >= 11 is 0. The molecule has 3 heterocycles. The first-order chi connectivity index (χ1) is 9.06. The molecule has 1 N–H and O–H groups in total. The van der Waals surface area contributed by atoms with Gasteiger partial charge in [0, 0.05) is 18.2 Å². The van der Waals surface area contributed by atoms with Crippen LogP contribution in [0.4, 0.5) is 11.5 Å². The molecule has 6 nitrogen and oxygen atoms in total. The predicted molar refractivity (Wildman–Crippen MR) is 70.2 cm³/mol. The van der Waals surface area contributed by atoms with Crippen LogP contribution in [0.3, 0.4) is 0 Å². The molecule has 2 aliphatic rings. The molecule has 2 bridgehead atoms. The molecular formula is C13H17N3O3. The fourth-order valence-electron chi connectivity index (χ4n) is 3.40. The van der Waals surface area contributed by atoms with Gasteiger partial charge in [0.05, 0.1) is 11.0 Å². The second-order valence-electron chi connectivity index (χ2n) is 5.45. The van der Waals surface area contributed by atoms with Crippen LogP contribution in [0.25, 0.3) is 0 Å². The van der Waals surface area contributed by atoms with Gasteiger partial charge in [0.25, 0.3) is 5.69 Å². The van der Waals surface area contributed by atoms with Crippen LogP contribution in [0, 0.1) is 17.0 Å². The molecule has 102 valence electrons. The van der Waals surface area contributed by atoms with Crippen LogP contribution >= 0.6 is 0 Å². The molecule has 2 saturated heterocycles. The summed E-state index contributed by atoms with van der Waals surface area (Å²) in [6.07, 6.45) is 3.47. The SMILES string of the molecule is Cc1nc(N2C3CCC2CC(O)C3)ccc1[N+](=O)[O-]. The Morgan fingerprint density at radius 2 is 2.00 bits per heavy atom. The highest BCUT2D eigenvalue weighted by molar-refractivity contribution is 5.49. The van der Waals surface area contributed by atoms with E-state index in [2.05, 4.69) is 9.88 Å². The van der Waals surface area contributed by atoms with Gasteiger partial charge in [-0.1, -0.05) is 0 Å². The van der Waals surface area contributed by atoms with Gasteiger partial charge >= 0.3 is 0 Å². The van der Waals surface area contributed by atoms with E-state index in [1.54, 1.807) is 13.0 Å². The zero-order valence-electron chi connectivity index (χ0n) is 10.8. The molecule has 0 amide bonds. The number of hydrogen-bond donors (Lipinski definition) is 1. The molecule has 2 unspecified atom stereocenters. The second-order valence-corrected chi connectivity index (χ2v) is 5.45. The summed E-state index contributed by atoms with van der Waals surface area (Å²) in [5.41, 5.74) is 0.515. The number of aromatic nitrogens is 1. The van der Waals surface area contributed by atoms with Crippen molar-refractivity contribution in [1.29, 1.82) is 0 Å². The van der Waals surface area contributed by atoms with E-state index in [-0.39, 0.29) is 11.8 Å². The van der Waals surface area contributed by atoms with Crippen LogP contribution < -0.4 is 4.90 Å². The predicted octanol–water partition coefficient (Wildman–Crippen LogP) is 1.79. The van der Waals surface area contributed by atoms with Crippen LogP contribution in [0.15, 0.2) is 12.1 Å². The first-order valence-electron chi connectivity index (χ1n) is 6.64. The van der Waals surface area contributed by atoms with Gasteiger partial charge in [-0.3, -0.25) is 10.1 Å². The molecule has 0 aliphatic carbocycles. The Bertz CT molecular complexity index is 506. The highest BCUT2D eigenvalue weighted by atomic mass is 16.6. The molecule has 2 atom stereocenters. The normalized spacial score (nSPS) is 29.6. The number of anilines is 1. The number of nitrogens with zero attached hydrogens (tertiary/aromatic N) is 3. The lowest BCUT2D eigenvalue weighted by molar-refractivity contribution is -0.385. The van der Waals surface area contributed by atoms with Crippen molar-refractivity contribution in [3.8, 4) is 0 Å². The number of pyridine rings is 1. The number of aryl methyl sites for hydroxylation is 1. The van der Waals surface area contributed by atoms with Crippen LogP contribution in [-0.2, 0) is 0 Å². The maximum Gasteiger partial charge on any atom is 0.290 e. The largest absolute Gasteiger partial charge is 0.393 e. The minimum absolute atomic E-state index is 0.0631. The fourth-order valence-corrected chi connectivity index (χ4v) is 3.40. The zero-order valence-corrected chi connectivity index (χ0v) is 10.8. The van der Waals surface area contributed by atoms with E-state index in [0.29, 0.717) is 17.8 Å². The van der Waals surface area contributed by atoms with E-state index < -0.39 is 4.92 Å². The third-order valence-electron chi connectivity index (χ3n) is 4.21. The van der Waals surface area contributed by atoms with E-state index in [9.17, 15) is 15.2 Å². The monoisotopic (exact) mass is 263 g/mol. The maximum atomic E-state index is 10.8. The van der Waals surface area contributed by atoms with Crippen LogP contribution in [0.2, 0.25) is 0 Å². The van der Waals surface area contributed by atoms with E-state index >= 15 is 0 Å². The molecule has 3 rings (SSSR count). The van der Waals surface area contributed by atoms with Gasteiger partial charge in [0.15, 0.2) is 0 Å². The molecule has 6 heteroatoms. The summed E-state index contributed by atoms with van der Waals surface area (Å²) in [5.74, 6) is 0.808. The summed E-state index contributed by atoms with van der Waals surface area (Å²) in [5, 5.41) is 20.6. The molecule has 0 spiro atoms. The lowest BCUT2D eigenvalue weighted by Crippen LogP contribution is -2.45. The third-order valence-corrected chi connectivity index (χ3v) is 4.21. The van der Waals surface area contributed by atoms with Crippen LogP contribution in [-0.4, -0.2) is 33.2 Å². The maximum absolute atomic E-state index is 10.8. The Morgan fingerprint density at radius 3 is 2.53 bits per heavy atom. The summed E-state index contributed by atoms with van der Waals surface area (Å²) in [7, 11) is 0. The van der Waals surface area contributed by atoms with Crippen LogP contribution in [0.1, 0.15) is 31.4 Å². The number of nitro groups is 1. The van der Waals surface area contributed by atoms with Crippen molar-refractivity contribution < 1.29 is 10.0 Å². The standard InChI is InChI=1S/C13H17N3O3/c1-8-12(16(18)19)4-5-13(14-8)15-9-2-3-10(15)7-11(17)6-9/h4-5,9-11,17H,2-3,6-7H2,1H3. The molecule has 0 saturated carbocycles. The molecular weight excluding hydrogens is 246 g/mol. The number of hydrogen-bond acceptors (Lipinski definition) is 5. The quantitative estimate of drug-likeness (QED) is 0.650. The summed E-state index contributed by atoms with van der Waals surface area (Å²) < 4.78 is 0. The Morgan fingerprint density at radius 1 is 1.37 bits per heavy atom. The summed E-state index contributed by atoms with van der Waals surface area (Å²) in [6, 6.07) is 3.90. The van der Waals surface area contributed by atoms with Gasteiger partial charge in [-0.05, 0) is 38.7 Å². The highest BCUT2D eigenvalue weighted by Gasteiger charge is 2.41. The molecule has 0 aromatic carbocycles. The molecule has 1 aromatic heterocycles. The lowest BCUT2D eigenvalue weighted by Gasteiger charge is -2.38. The van der Waals surface area contributed by atoms with Gasteiger partial charge in [-0.15, -0.1) is 0 Å². The van der Waals surface area contributed by atoms with E-state index in [1.165, 1.54) is 6.07 Å². The smallest absolute Gasteiger partial charge is 0.290 e. The highest BCUT2D eigenvalue weighted by Crippen LogP contribution is 2.39. The Labute approximate surface area is 111 Å². The van der Waals surface area contributed by atoms with E-state index in [1.807, 2.05) is 0 Å². The third kappa shape index (κ3) is 2.06. The molecule has 2 aliphatic heterocycles. The average molecular weight is 263 g/mol. The molecule has 0 radical (unpaired) electrons. The van der Waals surface area contributed by atoms with E-state index in [0.717, 1.165) is 31.5 Å². The first-order valence-corrected chi connectivity index (χ1v) is 6.64. The van der Waals surface area contributed by atoms with Gasteiger partial charge in [0.1, 0.15) is 11.5 Å². The number of rotatable bonds is 2. The lowest BCUT2D eigenvalue weighted by atomic mass is 10.00. The molecule has 1 aromatic rings. The number of fused-ring (bicyclic) bond motifs is 2. The van der Waals surface area contributed by atoms with Crippen molar-refractivity contribution in [2.75, 3.05) is 4.90 Å². The van der Waals surface area contributed by atoms with Gasteiger partial charge in [-0.2, -0.15) is 0 Å². The molecule has 2 fully saturated rings. The molecule has 19 heavy (non-hydrogen) atoms. The Hall–Kier alpha value is -1.69. The summed E-state index contributed by atoms with van der Waals surface area (Å²) in [6.45, 7) is 1.67. The summed E-state index contributed by atoms with van der Waals surface area (Å²) in [4.78, 5) is 17.0. The zero-order chi connectivity index (χ0) is 13.6. The number of piperidine rings is 1. The number of aliphatic hydroxyl groups is 1. The fraction of sp³-hybridized carbons (Fsp3) is 0.615. The Kier molecular flexibility index (Phi) is 2.89. The minimum atomic E-state index is -0.402. The van der Waals surface area contributed by atoms with Crippen molar-refractivity contribution in [3.05, 3.63) is 27.9 Å². The number of aliphatic hydroxyl groups excluding tert-OH is 1.